The fourth-order valence-corrected chi connectivity index (χ4v) is 3.73. The van der Waals surface area contributed by atoms with Gasteiger partial charge in [-0.1, -0.05) is 12.1 Å². The second-order valence-corrected chi connectivity index (χ2v) is 8.39. The predicted molar refractivity (Wildman–Crippen MR) is 127 cm³/mol. The molecule has 164 valence electrons. The quantitative estimate of drug-likeness (QED) is 0.371. The number of pyridine rings is 1. The molecule has 1 aliphatic carbocycles. The summed E-state index contributed by atoms with van der Waals surface area (Å²) in [5, 5.41) is 7.22. The fraction of sp³-hybridized carbons (Fsp3) is 0.240. The highest BCUT2D eigenvalue weighted by Crippen LogP contribution is 2.34. The number of hydrogen-bond acceptors (Lipinski definition) is 5. The Kier molecular flexibility index (Phi) is 5.23. The van der Waals surface area contributed by atoms with Crippen molar-refractivity contribution in [2.24, 2.45) is 0 Å². The number of amides is 1. The van der Waals surface area contributed by atoms with E-state index in [-0.39, 0.29) is 11.9 Å². The Hall–Kier alpha value is -4.25. The topological polar surface area (TPSA) is 100.0 Å². The molecule has 0 saturated heterocycles. The van der Waals surface area contributed by atoms with Gasteiger partial charge in [-0.25, -0.2) is 19.8 Å². The molecule has 3 heterocycles. The van der Waals surface area contributed by atoms with E-state index in [1.165, 1.54) is 6.20 Å². The van der Waals surface area contributed by atoms with Crippen LogP contribution >= 0.6 is 0 Å². The summed E-state index contributed by atoms with van der Waals surface area (Å²) in [7, 11) is 0. The molecule has 1 atom stereocenters. The largest absolute Gasteiger partial charge is 0.349 e. The Balaban J connectivity index is 1.39. The molecular formula is C25H23N7O. The summed E-state index contributed by atoms with van der Waals surface area (Å²) >= 11 is 0. The number of hydrogen-bond donors (Lipinski definition) is 3. The van der Waals surface area contributed by atoms with E-state index in [1.54, 1.807) is 6.20 Å². The van der Waals surface area contributed by atoms with Crippen LogP contribution in [0.3, 0.4) is 0 Å². The first kappa shape index (κ1) is 20.6. The van der Waals surface area contributed by atoms with Crippen LogP contribution < -0.4 is 10.6 Å². The van der Waals surface area contributed by atoms with Crippen LogP contribution in [-0.4, -0.2) is 31.9 Å². The third-order valence-electron chi connectivity index (χ3n) is 5.74. The van der Waals surface area contributed by atoms with Crippen LogP contribution in [-0.2, 0) is 0 Å². The fourth-order valence-electron chi connectivity index (χ4n) is 3.73. The molecular weight excluding hydrogens is 414 g/mol. The molecule has 0 unspecified atom stereocenters. The Morgan fingerprint density at radius 1 is 1.21 bits per heavy atom. The molecule has 1 aromatic carbocycles. The van der Waals surface area contributed by atoms with Gasteiger partial charge in [0.05, 0.1) is 18.3 Å². The van der Waals surface area contributed by atoms with Crippen LogP contribution in [0.4, 0.5) is 11.6 Å². The van der Waals surface area contributed by atoms with Gasteiger partial charge in [0.1, 0.15) is 5.65 Å². The predicted octanol–water partition coefficient (Wildman–Crippen LogP) is 4.94. The first-order valence-corrected chi connectivity index (χ1v) is 10.9. The zero-order valence-electron chi connectivity index (χ0n) is 18.4. The Morgan fingerprint density at radius 3 is 2.73 bits per heavy atom. The molecule has 1 amide bonds. The second kappa shape index (κ2) is 8.36. The van der Waals surface area contributed by atoms with Crippen molar-refractivity contribution in [1.82, 2.24) is 25.3 Å². The molecule has 0 radical (unpaired) electrons. The van der Waals surface area contributed by atoms with Crippen LogP contribution in [0.1, 0.15) is 47.3 Å². The summed E-state index contributed by atoms with van der Waals surface area (Å²) in [6.07, 6.45) is 7.29. The van der Waals surface area contributed by atoms with Crippen LogP contribution in [0.25, 0.3) is 27.1 Å². The lowest BCUT2D eigenvalue weighted by atomic mass is 10.1. The average molecular weight is 438 g/mol. The molecule has 1 fully saturated rings. The lowest BCUT2D eigenvalue weighted by molar-refractivity contribution is 0.0951. The molecule has 5 rings (SSSR count). The summed E-state index contributed by atoms with van der Waals surface area (Å²) in [6.45, 7) is 11.5. The zero-order chi connectivity index (χ0) is 22.9. The molecule has 0 spiro atoms. The minimum Gasteiger partial charge on any atom is -0.349 e. The van der Waals surface area contributed by atoms with Crippen molar-refractivity contribution in [2.45, 2.75) is 38.8 Å². The number of aryl methyl sites for hydroxylation is 1. The van der Waals surface area contributed by atoms with Crippen LogP contribution in [0.2, 0.25) is 0 Å². The van der Waals surface area contributed by atoms with E-state index in [2.05, 4.69) is 35.4 Å². The minimum atomic E-state index is -0.0935. The van der Waals surface area contributed by atoms with Crippen molar-refractivity contribution in [3.8, 4) is 11.3 Å². The van der Waals surface area contributed by atoms with Crippen molar-refractivity contribution in [1.29, 1.82) is 0 Å². The van der Waals surface area contributed by atoms with Gasteiger partial charge in [0.15, 0.2) is 0 Å². The van der Waals surface area contributed by atoms with Gasteiger partial charge in [-0.15, -0.1) is 0 Å². The van der Waals surface area contributed by atoms with Crippen LogP contribution in [0.5, 0.6) is 0 Å². The Bertz CT molecular complexity index is 1380. The number of benzene rings is 1. The number of rotatable bonds is 6. The number of carbonyl (C=O) groups excluding carboxylic acids is 1. The van der Waals surface area contributed by atoms with Crippen molar-refractivity contribution in [3.63, 3.8) is 0 Å². The molecule has 3 aromatic heterocycles. The molecule has 0 bridgehead atoms. The smallest absolute Gasteiger partial charge is 0.251 e. The van der Waals surface area contributed by atoms with Gasteiger partial charge in [-0.3, -0.25) is 4.79 Å². The Morgan fingerprint density at radius 2 is 2.00 bits per heavy atom. The van der Waals surface area contributed by atoms with E-state index in [9.17, 15) is 4.79 Å². The normalized spacial score (nSPS) is 14.0. The SMILES string of the molecule is [C-]#[N+]c1cnc(N[C@H](C)c2ccc(C(=O)NC3CC3)cc2)nc1-c1c[nH]c2ncc(C)cc12. The summed E-state index contributed by atoms with van der Waals surface area (Å²) in [5.74, 6) is 0.395. The summed E-state index contributed by atoms with van der Waals surface area (Å²) in [5.41, 5.74) is 5.19. The molecule has 8 heteroatoms. The number of anilines is 1. The molecule has 4 aromatic rings. The van der Waals surface area contributed by atoms with E-state index in [1.807, 2.05) is 50.4 Å². The maximum absolute atomic E-state index is 12.2. The van der Waals surface area contributed by atoms with Gasteiger partial charge < -0.3 is 15.6 Å². The lowest BCUT2D eigenvalue weighted by Gasteiger charge is -2.15. The van der Waals surface area contributed by atoms with E-state index < -0.39 is 0 Å². The lowest BCUT2D eigenvalue weighted by Crippen LogP contribution is -2.25. The second-order valence-electron chi connectivity index (χ2n) is 8.39. The van der Waals surface area contributed by atoms with E-state index in [0.717, 1.165) is 40.6 Å². The maximum atomic E-state index is 12.2. The highest BCUT2D eigenvalue weighted by Gasteiger charge is 2.23. The summed E-state index contributed by atoms with van der Waals surface area (Å²) in [6, 6.07) is 9.80. The molecule has 8 nitrogen and oxygen atoms in total. The van der Waals surface area contributed by atoms with Crippen molar-refractivity contribution >= 4 is 28.6 Å². The third kappa shape index (κ3) is 4.26. The van der Waals surface area contributed by atoms with Crippen LogP contribution in [0, 0.1) is 13.5 Å². The van der Waals surface area contributed by atoms with Crippen molar-refractivity contribution in [2.75, 3.05) is 5.32 Å². The Labute approximate surface area is 191 Å². The van der Waals surface area contributed by atoms with E-state index in [4.69, 9.17) is 6.57 Å². The van der Waals surface area contributed by atoms with E-state index in [0.29, 0.717) is 28.9 Å². The number of nitrogens with zero attached hydrogens (tertiary/aromatic N) is 4. The standard InChI is InChI=1S/C25H23N7O/c1-14-10-19-20(12-28-23(19)27-11-14)22-21(26-3)13-29-25(32-22)30-15(2)16-4-6-17(7-5-16)24(33)31-18-8-9-18/h4-7,10-13,15,18H,8-9H2,1-2H3,(H,27,28)(H,31,33)(H,29,30,32)/t15-/m1/s1. The summed E-state index contributed by atoms with van der Waals surface area (Å²) < 4.78 is 0. The van der Waals surface area contributed by atoms with Crippen molar-refractivity contribution < 1.29 is 4.79 Å². The number of fused-ring (bicyclic) bond motifs is 1. The number of aromatic nitrogens is 4. The molecule has 1 saturated carbocycles. The molecule has 33 heavy (non-hydrogen) atoms. The van der Waals surface area contributed by atoms with E-state index >= 15 is 0 Å². The number of aromatic amines is 1. The highest BCUT2D eigenvalue weighted by molar-refractivity contribution is 5.96. The van der Waals surface area contributed by atoms with Gasteiger partial charge in [-0.2, -0.15) is 0 Å². The highest BCUT2D eigenvalue weighted by atomic mass is 16.1. The van der Waals surface area contributed by atoms with Gasteiger partial charge in [0.2, 0.25) is 11.6 Å². The number of H-pyrrole nitrogens is 1. The van der Waals surface area contributed by atoms with Gasteiger partial charge in [-0.05, 0) is 56.0 Å². The van der Waals surface area contributed by atoms with Crippen molar-refractivity contribution in [3.05, 3.63) is 77.0 Å². The maximum Gasteiger partial charge on any atom is 0.251 e. The molecule has 1 aliphatic rings. The first-order valence-electron chi connectivity index (χ1n) is 10.9. The first-order chi connectivity index (χ1) is 16.0. The number of carbonyl (C=O) groups is 1. The van der Waals surface area contributed by atoms with Crippen LogP contribution in [0.15, 0.2) is 48.9 Å². The monoisotopic (exact) mass is 437 g/mol. The molecule has 3 N–H and O–H groups in total. The summed E-state index contributed by atoms with van der Waals surface area (Å²) in [4.78, 5) is 32.4. The number of nitrogens with one attached hydrogen (secondary N) is 3. The van der Waals surface area contributed by atoms with Gasteiger partial charge in [0, 0.05) is 41.1 Å². The minimum absolute atomic E-state index is 0.0316. The molecule has 0 aliphatic heterocycles. The van der Waals surface area contributed by atoms with Gasteiger partial charge >= 0.3 is 0 Å². The zero-order valence-corrected chi connectivity index (χ0v) is 18.4. The average Bonchev–Trinajstić information content (AvgIpc) is 3.55. The van der Waals surface area contributed by atoms with Gasteiger partial charge in [0.25, 0.3) is 5.91 Å². The third-order valence-corrected chi connectivity index (χ3v) is 5.74.